The van der Waals surface area contributed by atoms with Gasteiger partial charge in [0.15, 0.2) is 5.82 Å². The van der Waals surface area contributed by atoms with Gasteiger partial charge in [-0.2, -0.15) is 5.10 Å². The van der Waals surface area contributed by atoms with Crippen molar-refractivity contribution in [1.29, 1.82) is 0 Å². The lowest BCUT2D eigenvalue weighted by atomic mass is 9.73. The number of hydrogen-bond acceptors (Lipinski definition) is 9. The third kappa shape index (κ3) is 6.91. The zero-order chi connectivity index (χ0) is 25.0. The Hall–Kier alpha value is -2.33. The second kappa shape index (κ2) is 11.4. The molecule has 1 amide bonds. The van der Waals surface area contributed by atoms with E-state index in [9.17, 15) is 4.79 Å². The summed E-state index contributed by atoms with van der Waals surface area (Å²) in [6, 6.07) is 4.16. The van der Waals surface area contributed by atoms with Crippen LogP contribution in [0.5, 0.6) is 0 Å². The molecule has 0 aromatic carbocycles. The van der Waals surface area contributed by atoms with Gasteiger partial charge in [0.25, 0.3) is 0 Å². The number of likely N-dealkylation sites (tertiary alicyclic amines) is 1. The van der Waals surface area contributed by atoms with Crippen molar-refractivity contribution in [3.8, 4) is 0 Å². The number of rotatable bonds is 8. The van der Waals surface area contributed by atoms with Crippen LogP contribution in [0.4, 0.5) is 16.1 Å². The average Bonchev–Trinajstić information content (AvgIpc) is 3.52. The first-order valence-corrected chi connectivity index (χ1v) is 14.4. The molecule has 10 heteroatoms. The van der Waals surface area contributed by atoms with Crippen LogP contribution in [0.2, 0.25) is 0 Å². The predicted octanol–water partition coefficient (Wildman–Crippen LogP) is 4.28. The van der Waals surface area contributed by atoms with Crippen molar-refractivity contribution >= 4 is 33.3 Å². The van der Waals surface area contributed by atoms with E-state index >= 15 is 0 Å². The molecule has 0 bridgehead atoms. The van der Waals surface area contributed by atoms with Crippen molar-refractivity contribution in [2.45, 2.75) is 71.3 Å². The van der Waals surface area contributed by atoms with Gasteiger partial charge in [0, 0.05) is 38.3 Å². The highest BCUT2D eigenvalue weighted by molar-refractivity contribution is 7.19. The van der Waals surface area contributed by atoms with Crippen molar-refractivity contribution in [3.05, 3.63) is 18.3 Å². The number of amides is 1. The number of nitrogens with one attached hydrogen (secondary N) is 2. The van der Waals surface area contributed by atoms with Crippen molar-refractivity contribution in [1.82, 2.24) is 25.3 Å². The second-order valence-electron chi connectivity index (χ2n) is 11.7. The van der Waals surface area contributed by atoms with Crippen molar-refractivity contribution < 1.29 is 4.79 Å². The van der Waals surface area contributed by atoms with Gasteiger partial charge in [-0.05, 0) is 87.4 Å². The Morgan fingerprint density at radius 1 is 1.03 bits per heavy atom. The number of aromatic nitrogens is 4. The van der Waals surface area contributed by atoms with E-state index in [4.69, 9.17) is 0 Å². The van der Waals surface area contributed by atoms with Crippen LogP contribution in [0.15, 0.2) is 18.3 Å². The van der Waals surface area contributed by atoms with Gasteiger partial charge in [0.05, 0.1) is 0 Å². The summed E-state index contributed by atoms with van der Waals surface area (Å²) in [5.74, 6) is 2.27. The maximum atomic E-state index is 12.7. The first-order chi connectivity index (χ1) is 17.4. The van der Waals surface area contributed by atoms with Crippen LogP contribution in [-0.2, 0) is 4.79 Å². The molecule has 3 aliphatic rings. The Kier molecular flexibility index (Phi) is 8.00. The van der Waals surface area contributed by atoms with E-state index in [1.54, 1.807) is 6.20 Å². The Morgan fingerprint density at radius 2 is 1.81 bits per heavy atom. The lowest BCUT2D eigenvalue weighted by molar-refractivity contribution is -0.117. The largest absolute Gasteiger partial charge is 0.355 e. The SMILES string of the molecule is CC1(C)CCC(CN2CCC(CC(=O)Nc3nnc(N[C@@H]4CCN(c5cccnn5)C4)s3)CC2)CC1. The highest BCUT2D eigenvalue weighted by atomic mass is 32.1. The van der Waals surface area contributed by atoms with Gasteiger partial charge in [-0.25, -0.2) is 0 Å². The molecule has 196 valence electrons. The third-order valence-electron chi connectivity index (χ3n) is 8.23. The molecule has 2 saturated heterocycles. The van der Waals surface area contributed by atoms with E-state index in [2.05, 4.69) is 54.7 Å². The Balaban J connectivity index is 1.00. The van der Waals surface area contributed by atoms with E-state index in [0.29, 0.717) is 22.9 Å². The van der Waals surface area contributed by atoms with Crippen LogP contribution in [0, 0.1) is 17.3 Å². The number of carbonyl (C=O) groups is 1. The highest BCUT2D eigenvalue weighted by Gasteiger charge is 2.29. The predicted molar refractivity (Wildman–Crippen MR) is 144 cm³/mol. The van der Waals surface area contributed by atoms with E-state index in [0.717, 1.165) is 62.3 Å². The number of piperidine rings is 1. The zero-order valence-corrected chi connectivity index (χ0v) is 22.5. The minimum atomic E-state index is 0.0559. The number of anilines is 3. The zero-order valence-electron chi connectivity index (χ0n) is 21.7. The van der Waals surface area contributed by atoms with Crippen molar-refractivity contribution in [2.75, 3.05) is 48.3 Å². The molecular weight excluding hydrogens is 472 g/mol. The molecule has 5 rings (SSSR count). The van der Waals surface area contributed by atoms with Crippen LogP contribution >= 0.6 is 11.3 Å². The van der Waals surface area contributed by atoms with Gasteiger partial charge < -0.3 is 20.4 Å². The van der Waals surface area contributed by atoms with Gasteiger partial charge in [0.1, 0.15) is 0 Å². The van der Waals surface area contributed by atoms with Gasteiger partial charge in [-0.1, -0.05) is 25.2 Å². The van der Waals surface area contributed by atoms with Gasteiger partial charge >= 0.3 is 0 Å². The van der Waals surface area contributed by atoms with Crippen LogP contribution in [0.1, 0.15) is 65.2 Å². The molecule has 1 saturated carbocycles. The molecule has 1 atom stereocenters. The molecule has 4 heterocycles. The standard InChI is InChI=1S/C26H40N8OS/c1-26(2)10-5-20(6-11-26)17-33-13-7-19(8-14-33)16-23(35)29-25-32-31-24(36-25)28-21-9-15-34(18-21)22-4-3-12-27-30-22/h3-4,12,19-21H,5-11,13-18H2,1-2H3,(H,28,31)(H,29,32,35)/t21-/m1/s1. The quantitative estimate of drug-likeness (QED) is 0.541. The molecule has 2 aromatic rings. The Morgan fingerprint density at radius 3 is 2.56 bits per heavy atom. The average molecular weight is 513 g/mol. The van der Waals surface area contributed by atoms with E-state index in [1.807, 2.05) is 12.1 Å². The summed E-state index contributed by atoms with van der Waals surface area (Å²) in [4.78, 5) is 17.5. The van der Waals surface area contributed by atoms with Crippen LogP contribution in [-0.4, -0.2) is 70.0 Å². The fourth-order valence-electron chi connectivity index (χ4n) is 5.87. The molecule has 36 heavy (non-hydrogen) atoms. The molecule has 1 aliphatic carbocycles. The molecule has 3 fully saturated rings. The van der Waals surface area contributed by atoms with Crippen molar-refractivity contribution in [3.63, 3.8) is 0 Å². The van der Waals surface area contributed by atoms with Crippen molar-refractivity contribution in [2.24, 2.45) is 17.3 Å². The van der Waals surface area contributed by atoms with E-state index in [-0.39, 0.29) is 11.9 Å². The lowest BCUT2D eigenvalue weighted by Crippen LogP contribution is -2.39. The Bertz CT molecular complexity index is 981. The molecule has 9 nitrogen and oxygen atoms in total. The number of hydrogen-bond donors (Lipinski definition) is 2. The van der Waals surface area contributed by atoms with E-state index in [1.165, 1.54) is 43.6 Å². The summed E-state index contributed by atoms with van der Waals surface area (Å²) >= 11 is 1.41. The normalized spacial score (nSPS) is 23.6. The van der Waals surface area contributed by atoms with Crippen LogP contribution < -0.4 is 15.5 Å². The summed E-state index contributed by atoms with van der Waals surface area (Å²) in [7, 11) is 0. The van der Waals surface area contributed by atoms with Gasteiger partial charge in [-0.3, -0.25) is 4.79 Å². The van der Waals surface area contributed by atoms with Crippen LogP contribution in [0.3, 0.4) is 0 Å². The summed E-state index contributed by atoms with van der Waals surface area (Å²) < 4.78 is 0. The summed E-state index contributed by atoms with van der Waals surface area (Å²) in [5.41, 5.74) is 0.538. The first-order valence-electron chi connectivity index (χ1n) is 13.6. The molecular formula is C26H40N8OS. The highest BCUT2D eigenvalue weighted by Crippen LogP contribution is 2.38. The fourth-order valence-corrected chi connectivity index (χ4v) is 6.60. The minimum absolute atomic E-state index is 0.0559. The molecule has 0 spiro atoms. The molecule has 2 aliphatic heterocycles. The fraction of sp³-hybridized carbons (Fsp3) is 0.731. The summed E-state index contributed by atoms with van der Waals surface area (Å²) in [6.07, 6.45) is 10.9. The van der Waals surface area contributed by atoms with Crippen LogP contribution in [0.25, 0.3) is 0 Å². The van der Waals surface area contributed by atoms with Gasteiger partial charge in [0.2, 0.25) is 16.2 Å². The van der Waals surface area contributed by atoms with Gasteiger partial charge in [-0.15, -0.1) is 15.3 Å². The smallest absolute Gasteiger partial charge is 0.226 e. The minimum Gasteiger partial charge on any atom is -0.355 e. The molecule has 2 aromatic heterocycles. The monoisotopic (exact) mass is 512 g/mol. The lowest BCUT2D eigenvalue weighted by Gasteiger charge is -2.38. The third-order valence-corrected chi connectivity index (χ3v) is 9.00. The number of nitrogens with zero attached hydrogens (tertiary/aromatic N) is 6. The number of carbonyl (C=O) groups excluding carboxylic acids is 1. The molecule has 0 unspecified atom stereocenters. The maximum Gasteiger partial charge on any atom is 0.226 e. The first kappa shape index (κ1) is 25.3. The maximum absolute atomic E-state index is 12.7. The molecule has 0 radical (unpaired) electrons. The molecule has 2 N–H and O–H groups in total. The van der Waals surface area contributed by atoms with E-state index < -0.39 is 0 Å². The Labute approximate surface area is 218 Å². The second-order valence-corrected chi connectivity index (χ2v) is 12.7. The summed E-state index contributed by atoms with van der Waals surface area (Å²) in [6.45, 7) is 10.1. The topological polar surface area (TPSA) is 99.2 Å². The summed E-state index contributed by atoms with van der Waals surface area (Å²) in [5, 5.41) is 24.3.